The first kappa shape index (κ1) is 25.9. The number of fused-ring (bicyclic) bond motifs is 1. The minimum absolute atomic E-state index is 0.0176. The Hall–Kier alpha value is -3.74. The number of ether oxygens (including phenoxy) is 1. The molecule has 2 aliphatic heterocycles. The third kappa shape index (κ3) is 4.77. The number of rotatable bonds is 6. The lowest BCUT2D eigenvalue weighted by atomic mass is 9.79. The summed E-state index contributed by atoms with van der Waals surface area (Å²) in [5.74, 6) is -0.585. The molecule has 0 saturated carbocycles. The van der Waals surface area contributed by atoms with E-state index in [-0.39, 0.29) is 29.3 Å². The van der Waals surface area contributed by atoms with Crippen molar-refractivity contribution in [2.75, 3.05) is 30.0 Å². The molecule has 9 heteroatoms. The first-order valence-corrected chi connectivity index (χ1v) is 13.1. The first-order valence-electron chi connectivity index (χ1n) is 13.1. The predicted octanol–water partition coefficient (Wildman–Crippen LogP) is 4.44. The monoisotopic (exact) mass is 515 g/mol. The number of aromatic nitrogens is 2. The Kier molecular flexibility index (Phi) is 6.95. The minimum Gasteiger partial charge on any atom is -0.478 e. The molecule has 9 nitrogen and oxygen atoms in total. The number of nitrogens with one attached hydrogen (secondary N) is 1. The van der Waals surface area contributed by atoms with E-state index in [4.69, 9.17) is 14.7 Å². The molecule has 38 heavy (non-hydrogen) atoms. The molecule has 3 N–H and O–H groups in total. The molecule has 0 amide bonds. The second-order valence-electron chi connectivity index (χ2n) is 10.6. The number of hydrogen-bond acceptors (Lipinski definition) is 8. The van der Waals surface area contributed by atoms with E-state index in [1.165, 1.54) is 0 Å². The highest BCUT2D eigenvalue weighted by Gasteiger charge is 2.45. The standard InChI is InChI=1S/C29H33N5O4/c1-17-13-20(18(2)31-22-8-5-4-7-19(22)28(35)36)26-23(14-17)32-24(15-30)27(33-26)34-11-6-9-25(34)21-16-38-12-10-29(21,3)37/h4-5,7-8,13-14,18,21,25,31,37H,6,9-12,16H2,1-3H3,(H,35,36)/t18-,21?,25?,29?/m1/s1. The van der Waals surface area contributed by atoms with Gasteiger partial charge in [-0.25, -0.2) is 14.8 Å². The van der Waals surface area contributed by atoms with E-state index in [9.17, 15) is 20.3 Å². The third-order valence-corrected chi connectivity index (χ3v) is 7.91. The zero-order valence-corrected chi connectivity index (χ0v) is 21.9. The molecule has 1 aromatic heterocycles. The van der Waals surface area contributed by atoms with Gasteiger partial charge < -0.3 is 25.2 Å². The molecular formula is C29H33N5O4. The van der Waals surface area contributed by atoms with E-state index in [1.54, 1.807) is 24.3 Å². The summed E-state index contributed by atoms with van der Waals surface area (Å²) in [5.41, 5.74) is 3.21. The van der Waals surface area contributed by atoms with Gasteiger partial charge in [-0.3, -0.25) is 0 Å². The van der Waals surface area contributed by atoms with Crippen LogP contribution in [0.2, 0.25) is 0 Å². The summed E-state index contributed by atoms with van der Waals surface area (Å²) in [6.45, 7) is 7.51. The van der Waals surface area contributed by atoms with Crippen LogP contribution in [0, 0.1) is 24.2 Å². The second-order valence-corrected chi connectivity index (χ2v) is 10.6. The lowest BCUT2D eigenvalue weighted by Gasteiger charge is -2.43. The number of nitrogens with zero attached hydrogens (tertiary/aromatic N) is 4. The minimum atomic E-state index is -1.00. The number of anilines is 2. The summed E-state index contributed by atoms with van der Waals surface area (Å²) in [5, 5.41) is 34.2. The molecule has 2 fully saturated rings. The third-order valence-electron chi connectivity index (χ3n) is 7.91. The highest BCUT2D eigenvalue weighted by molar-refractivity contribution is 5.94. The van der Waals surface area contributed by atoms with Crippen LogP contribution in [0.4, 0.5) is 11.5 Å². The van der Waals surface area contributed by atoms with Crippen molar-refractivity contribution in [2.24, 2.45) is 5.92 Å². The topological polar surface area (TPSA) is 132 Å². The molecule has 2 saturated heterocycles. The van der Waals surface area contributed by atoms with Crippen molar-refractivity contribution in [3.63, 3.8) is 0 Å². The van der Waals surface area contributed by atoms with Crippen LogP contribution in [0.3, 0.4) is 0 Å². The molecule has 0 bridgehead atoms. The summed E-state index contributed by atoms with van der Waals surface area (Å²) in [6, 6.07) is 12.7. The van der Waals surface area contributed by atoms with Gasteiger partial charge in [0.05, 0.1) is 34.8 Å². The van der Waals surface area contributed by atoms with Gasteiger partial charge in [0.2, 0.25) is 0 Å². The number of hydrogen-bond donors (Lipinski definition) is 3. The Balaban J connectivity index is 1.58. The normalized spacial score (nSPS) is 24.2. The molecular weight excluding hydrogens is 482 g/mol. The first-order chi connectivity index (χ1) is 18.2. The fourth-order valence-corrected chi connectivity index (χ4v) is 5.89. The van der Waals surface area contributed by atoms with Crippen LogP contribution in [-0.4, -0.2) is 57.6 Å². The van der Waals surface area contributed by atoms with Gasteiger partial charge in [-0.05, 0) is 63.8 Å². The lowest BCUT2D eigenvalue weighted by Crippen LogP contribution is -2.53. The number of para-hydroxylation sites is 1. The number of benzene rings is 2. The van der Waals surface area contributed by atoms with Gasteiger partial charge in [-0.15, -0.1) is 0 Å². The zero-order valence-electron chi connectivity index (χ0n) is 21.9. The van der Waals surface area contributed by atoms with Crippen LogP contribution in [0.25, 0.3) is 11.0 Å². The number of aliphatic hydroxyl groups is 1. The Labute approximate surface area is 222 Å². The average molecular weight is 516 g/mol. The SMILES string of the molecule is Cc1cc([C@@H](C)Nc2ccccc2C(=O)O)c2nc(N3CCCC3C3COCCC3(C)O)c(C#N)nc2c1. The maximum atomic E-state index is 11.8. The average Bonchev–Trinajstić information content (AvgIpc) is 3.36. The van der Waals surface area contributed by atoms with Crippen LogP contribution in [0.15, 0.2) is 36.4 Å². The number of nitriles is 1. The molecule has 0 aliphatic carbocycles. The van der Waals surface area contributed by atoms with E-state index >= 15 is 0 Å². The van der Waals surface area contributed by atoms with Gasteiger partial charge >= 0.3 is 5.97 Å². The lowest BCUT2D eigenvalue weighted by molar-refractivity contribution is -0.108. The highest BCUT2D eigenvalue weighted by atomic mass is 16.5. The summed E-state index contributed by atoms with van der Waals surface area (Å²) in [4.78, 5) is 23.6. The Morgan fingerprint density at radius 3 is 2.84 bits per heavy atom. The van der Waals surface area contributed by atoms with Crippen LogP contribution in [0.1, 0.15) is 66.3 Å². The van der Waals surface area contributed by atoms with E-state index < -0.39 is 11.6 Å². The van der Waals surface area contributed by atoms with Crippen LogP contribution >= 0.6 is 0 Å². The van der Waals surface area contributed by atoms with Crippen molar-refractivity contribution in [3.8, 4) is 6.07 Å². The number of aromatic carboxylic acids is 1. The number of carboxylic acids is 1. The van der Waals surface area contributed by atoms with Gasteiger partial charge in [0.15, 0.2) is 11.5 Å². The van der Waals surface area contributed by atoms with E-state index in [2.05, 4.69) is 16.3 Å². The Bertz CT molecular complexity index is 1420. The van der Waals surface area contributed by atoms with Crippen molar-refractivity contribution in [3.05, 3.63) is 58.8 Å². The van der Waals surface area contributed by atoms with Crippen molar-refractivity contribution in [1.29, 1.82) is 5.26 Å². The predicted molar refractivity (Wildman–Crippen MR) is 144 cm³/mol. The highest BCUT2D eigenvalue weighted by Crippen LogP contribution is 2.39. The molecule has 0 radical (unpaired) electrons. The summed E-state index contributed by atoms with van der Waals surface area (Å²) in [7, 11) is 0. The Morgan fingerprint density at radius 1 is 1.32 bits per heavy atom. The maximum absolute atomic E-state index is 11.8. The van der Waals surface area contributed by atoms with Gasteiger partial charge in [-0.1, -0.05) is 18.2 Å². The molecule has 3 heterocycles. The smallest absolute Gasteiger partial charge is 0.337 e. The van der Waals surface area contributed by atoms with Gasteiger partial charge in [0.1, 0.15) is 6.07 Å². The summed E-state index contributed by atoms with van der Waals surface area (Å²) >= 11 is 0. The van der Waals surface area contributed by atoms with Crippen molar-refractivity contribution in [2.45, 2.75) is 57.7 Å². The van der Waals surface area contributed by atoms with Gasteiger partial charge in [0.25, 0.3) is 0 Å². The van der Waals surface area contributed by atoms with Crippen molar-refractivity contribution >= 4 is 28.5 Å². The molecule has 198 valence electrons. The fourth-order valence-electron chi connectivity index (χ4n) is 5.89. The molecule has 5 rings (SSSR count). The Morgan fingerprint density at radius 2 is 2.11 bits per heavy atom. The number of carbonyl (C=O) groups is 1. The van der Waals surface area contributed by atoms with Crippen molar-refractivity contribution in [1.82, 2.24) is 9.97 Å². The quantitative estimate of drug-likeness (QED) is 0.436. The number of aryl methyl sites for hydroxylation is 1. The van der Waals surface area contributed by atoms with E-state index in [0.717, 1.165) is 24.0 Å². The molecule has 2 aliphatic rings. The molecule has 2 aromatic carbocycles. The fraction of sp³-hybridized carbons (Fsp3) is 0.448. The van der Waals surface area contributed by atoms with E-state index in [1.807, 2.05) is 32.9 Å². The van der Waals surface area contributed by atoms with Crippen LogP contribution in [-0.2, 0) is 4.74 Å². The van der Waals surface area contributed by atoms with Gasteiger partial charge in [0, 0.05) is 36.4 Å². The maximum Gasteiger partial charge on any atom is 0.337 e. The molecule has 4 atom stereocenters. The molecule has 3 unspecified atom stereocenters. The second kappa shape index (κ2) is 10.2. The zero-order chi connectivity index (χ0) is 27.0. The van der Waals surface area contributed by atoms with E-state index in [0.29, 0.717) is 48.7 Å². The largest absolute Gasteiger partial charge is 0.478 e. The summed E-state index contributed by atoms with van der Waals surface area (Å²) in [6.07, 6.45) is 2.37. The van der Waals surface area contributed by atoms with Gasteiger partial charge in [-0.2, -0.15) is 5.26 Å². The summed E-state index contributed by atoms with van der Waals surface area (Å²) < 4.78 is 5.75. The number of carboxylic acid groups (broad SMARTS) is 1. The van der Waals surface area contributed by atoms with Crippen LogP contribution in [0.5, 0.6) is 0 Å². The van der Waals surface area contributed by atoms with Crippen molar-refractivity contribution < 1.29 is 19.7 Å². The van der Waals surface area contributed by atoms with Crippen LogP contribution < -0.4 is 10.2 Å². The molecule has 3 aromatic rings. The molecule has 0 spiro atoms.